The summed E-state index contributed by atoms with van der Waals surface area (Å²) in [6, 6.07) is 48.7. The fourth-order valence-electron chi connectivity index (χ4n) is 7.29. The van der Waals surface area contributed by atoms with Gasteiger partial charge in [-0.3, -0.25) is 15.0 Å². The summed E-state index contributed by atoms with van der Waals surface area (Å²) in [6.45, 7) is -2.41. The first-order valence-electron chi connectivity index (χ1n) is 24.9. The van der Waals surface area contributed by atoms with Crippen molar-refractivity contribution >= 4 is 22.1 Å². The molecule has 288 valence electrons. The summed E-state index contributed by atoms with van der Waals surface area (Å²) >= 11 is 0. The molecule has 0 saturated carbocycles. The molecule has 10 rings (SSSR count). The van der Waals surface area contributed by atoms with Gasteiger partial charge in [-0.15, -0.1) is 0 Å². The molecular weight excluding hydrogens is 733 g/mol. The van der Waals surface area contributed by atoms with E-state index in [0.29, 0.717) is 55.9 Å². The van der Waals surface area contributed by atoms with Gasteiger partial charge in [0.2, 0.25) is 5.71 Å². The zero-order valence-electron chi connectivity index (χ0n) is 43.1. The third-order valence-electron chi connectivity index (χ3n) is 10.3. The average Bonchev–Trinajstić information content (AvgIpc) is 3.77. The number of aromatic nitrogens is 4. The highest BCUT2D eigenvalue weighted by Gasteiger charge is 2.16. The van der Waals surface area contributed by atoms with Crippen LogP contribution in [0, 0.1) is 6.85 Å². The number of hydrogen-bond acceptors (Lipinski definition) is 5. The first-order chi connectivity index (χ1) is 33.8. The quantitative estimate of drug-likeness (QED) is 0.131. The average molecular weight is 786 g/mol. The van der Waals surface area contributed by atoms with Crippen molar-refractivity contribution in [2.45, 2.75) is 32.3 Å². The molecule has 60 heavy (non-hydrogen) atoms. The lowest BCUT2D eigenvalue weighted by Gasteiger charge is -2.15. The summed E-state index contributed by atoms with van der Waals surface area (Å²) in [7, 11) is 0. The topological polar surface area (TPSA) is 64.7 Å². The lowest BCUT2D eigenvalue weighted by molar-refractivity contribution is 0.653. The molecule has 5 aromatic carbocycles. The van der Waals surface area contributed by atoms with Crippen molar-refractivity contribution in [3.8, 4) is 56.0 Å². The summed E-state index contributed by atoms with van der Waals surface area (Å²) in [5.41, 5.74) is 6.14. The molecule has 0 spiro atoms. The van der Waals surface area contributed by atoms with E-state index in [4.69, 9.17) is 13.5 Å². The third kappa shape index (κ3) is 7.73. The molecule has 5 nitrogen and oxygen atoms in total. The number of para-hydroxylation sites is 1. The lowest BCUT2D eigenvalue weighted by Crippen LogP contribution is -1.98. The van der Waals surface area contributed by atoms with Crippen LogP contribution >= 0.6 is 0 Å². The predicted molar refractivity (Wildman–Crippen MR) is 245 cm³/mol. The van der Waals surface area contributed by atoms with Gasteiger partial charge < -0.3 is 4.42 Å². The van der Waals surface area contributed by atoms with E-state index in [1.807, 2.05) is 103 Å². The van der Waals surface area contributed by atoms with Crippen LogP contribution in [0.2, 0.25) is 0 Å². The van der Waals surface area contributed by atoms with Crippen LogP contribution in [0.1, 0.15) is 43.0 Å². The molecule has 0 N–H and O–H groups in total. The van der Waals surface area contributed by atoms with Gasteiger partial charge in [-0.2, -0.15) is 0 Å². The summed E-state index contributed by atoms with van der Waals surface area (Å²) in [5, 5.41) is 1.40. The molecule has 0 unspecified atom stereocenters. The number of fused-ring (bicyclic) bond motifs is 3. The van der Waals surface area contributed by atoms with Gasteiger partial charge in [-0.05, 0) is 108 Å². The molecule has 0 amide bonds. The van der Waals surface area contributed by atoms with Crippen molar-refractivity contribution in [2.24, 2.45) is 0 Å². The molecule has 0 bridgehead atoms. The van der Waals surface area contributed by atoms with E-state index in [0.717, 1.165) is 16.5 Å². The molecule has 0 aliphatic carbocycles. The second kappa shape index (κ2) is 16.4. The van der Waals surface area contributed by atoms with Gasteiger partial charge >= 0.3 is 0 Å². The third-order valence-corrected chi connectivity index (χ3v) is 10.3. The van der Waals surface area contributed by atoms with E-state index < -0.39 is 32.3 Å². The highest BCUT2D eigenvalue weighted by Crippen LogP contribution is 2.37. The largest absolute Gasteiger partial charge is 0.437 e. The minimum atomic E-state index is -2.82. The van der Waals surface area contributed by atoms with E-state index >= 15 is 0 Å². The zero-order chi connectivity index (χ0) is 49.9. The van der Waals surface area contributed by atoms with E-state index in [-0.39, 0.29) is 33.7 Å². The molecule has 5 heteroatoms. The van der Waals surface area contributed by atoms with Crippen LogP contribution in [0.3, 0.4) is 0 Å². The van der Waals surface area contributed by atoms with E-state index in [2.05, 4.69) is 15.0 Å². The normalized spacial score (nSPS) is 15.2. The van der Waals surface area contributed by atoms with Gasteiger partial charge in [0, 0.05) is 72.4 Å². The molecule has 5 heterocycles. The molecule has 0 aliphatic rings. The Balaban J connectivity index is 1.07. The van der Waals surface area contributed by atoms with Crippen molar-refractivity contribution in [3.63, 3.8) is 0 Å². The summed E-state index contributed by atoms with van der Waals surface area (Å²) in [5.74, 6) is 0. The Morgan fingerprint density at radius 1 is 0.433 bits per heavy atom. The standard InChI is InChI=1S/C55H42N4O/c1-37-19-27-49-48-17-10-18-50(54(48)60-55(49)59-37)53-30-26-44(36-58-53)46-15-8-9-16-47(46)45-32-40(22-20-38-24-28-51(56-34-38)42-11-4-2-5-12-42)31-41(33-45)23-21-39-25-29-52(57-35-39)43-13-6-3-7-14-43/h2-19,24-36H,20-23H2,1H3/i1D3,20D2,21D2,22D2,23D2. The highest BCUT2D eigenvalue weighted by molar-refractivity contribution is 6.08. The van der Waals surface area contributed by atoms with Crippen LogP contribution < -0.4 is 0 Å². The first-order valence-corrected chi connectivity index (χ1v) is 19.4. The van der Waals surface area contributed by atoms with Crippen molar-refractivity contribution in [2.75, 3.05) is 0 Å². The molecule has 5 aromatic heterocycles. The molecule has 0 fully saturated rings. The van der Waals surface area contributed by atoms with E-state index in [1.54, 1.807) is 36.5 Å². The van der Waals surface area contributed by atoms with E-state index in [1.165, 1.54) is 48.8 Å². The van der Waals surface area contributed by atoms with Crippen molar-refractivity contribution in [1.29, 1.82) is 0 Å². The fourth-order valence-corrected chi connectivity index (χ4v) is 7.29. The summed E-state index contributed by atoms with van der Waals surface area (Å²) < 4.78 is 105. The number of nitrogens with zero attached hydrogens (tertiary/aromatic N) is 4. The number of benzene rings is 5. The Hall–Kier alpha value is -7.50. The Morgan fingerprint density at radius 3 is 1.58 bits per heavy atom. The van der Waals surface area contributed by atoms with Crippen LogP contribution in [-0.2, 0) is 25.5 Å². The molecule has 0 atom stereocenters. The van der Waals surface area contributed by atoms with Crippen LogP contribution in [-0.4, -0.2) is 19.9 Å². The van der Waals surface area contributed by atoms with Crippen LogP contribution in [0.25, 0.3) is 78.1 Å². The molecule has 0 radical (unpaired) electrons. The van der Waals surface area contributed by atoms with Crippen LogP contribution in [0.15, 0.2) is 193 Å². The summed E-state index contributed by atoms with van der Waals surface area (Å²) in [6.07, 6.45) is -6.80. The Kier molecular flexibility index (Phi) is 7.24. The summed E-state index contributed by atoms with van der Waals surface area (Å²) in [4.78, 5) is 18.1. The zero-order valence-corrected chi connectivity index (χ0v) is 32.1. The molecule has 10 aromatic rings. The first kappa shape index (κ1) is 26.5. The van der Waals surface area contributed by atoms with Crippen LogP contribution in [0.4, 0.5) is 0 Å². The molecule has 0 aliphatic heterocycles. The van der Waals surface area contributed by atoms with Gasteiger partial charge in [0.1, 0.15) is 5.58 Å². The van der Waals surface area contributed by atoms with E-state index in [9.17, 15) is 11.0 Å². The smallest absolute Gasteiger partial charge is 0.227 e. The fraction of sp³-hybridized carbons (Fsp3) is 0.0909. The monoisotopic (exact) mass is 785 g/mol. The maximum absolute atomic E-state index is 9.56. The van der Waals surface area contributed by atoms with Crippen LogP contribution in [0.5, 0.6) is 0 Å². The molecular formula is C55H42N4O. The minimum absolute atomic E-state index is 0.0430. The number of aryl methyl sites for hydroxylation is 5. The number of rotatable bonds is 11. The van der Waals surface area contributed by atoms with Crippen molar-refractivity contribution in [1.82, 2.24) is 19.9 Å². The number of pyridine rings is 4. The SMILES string of the molecule is [2H]C([2H])([2H])c1ccc2c(n1)oc1c(-c3ccc(-c4ccccc4-c4cc(C([2H])([2H])C([2H])([2H])c5ccc(-c6ccccc6)nc5)cc(C([2H])([2H])C([2H])([2H])c5ccc(-c6ccccc6)nc5)c4)cn3)cccc12. The second-order valence-corrected chi connectivity index (χ2v) is 14.2. The Bertz CT molecular complexity index is 3440. The number of hydrogen-bond donors (Lipinski definition) is 0. The maximum atomic E-state index is 9.56. The van der Waals surface area contributed by atoms with Gasteiger partial charge in [0.05, 0.1) is 17.1 Å². The lowest BCUT2D eigenvalue weighted by atomic mass is 9.90. The highest BCUT2D eigenvalue weighted by atomic mass is 16.3. The van der Waals surface area contributed by atoms with Crippen molar-refractivity contribution in [3.05, 3.63) is 216 Å². The molecule has 0 saturated heterocycles. The van der Waals surface area contributed by atoms with Gasteiger partial charge in [0.25, 0.3) is 0 Å². The van der Waals surface area contributed by atoms with Gasteiger partial charge in [0.15, 0.2) is 0 Å². The van der Waals surface area contributed by atoms with Gasteiger partial charge in [-0.1, -0.05) is 133 Å². The number of furan rings is 1. The second-order valence-electron chi connectivity index (χ2n) is 14.2. The predicted octanol–water partition coefficient (Wildman–Crippen LogP) is 13.4. The van der Waals surface area contributed by atoms with Gasteiger partial charge in [-0.25, -0.2) is 4.98 Å². The van der Waals surface area contributed by atoms with Crippen molar-refractivity contribution < 1.29 is 19.5 Å². The maximum Gasteiger partial charge on any atom is 0.227 e. The Morgan fingerprint density at radius 2 is 1.00 bits per heavy atom. The Labute approximate surface area is 365 Å². The minimum Gasteiger partial charge on any atom is -0.437 e.